The maximum Gasteiger partial charge on any atom is 0.0481 e. The van der Waals surface area contributed by atoms with Crippen molar-refractivity contribution in [1.82, 2.24) is 5.32 Å². The second-order valence-electron chi connectivity index (χ2n) is 4.90. The predicted octanol–water partition coefficient (Wildman–Crippen LogP) is 5.03. The first-order valence-corrected chi connectivity index (χ1v) is 7.09. The molecule has 0 radical (unpaired) electrons. The van der Waals surface area contributed by atoms with Gasteiger partial charge in [-0.25, -0.2) is 0 Å². The minimum atomic E-state index is 0.692. The zero-order chi connectivity index (χ0) is 13.5. The van der Waals surface area contributed by atoms with Crippen LogP contribution in [-0.4, -0.2) is 13.1 Å². The Balaban J connectivity index is 2.52. The lowest BCUT2D eigenvalue weighted by molar-refractivity contribution is 0.557. The largest absolute Gasteiger partial charge is 0.316 e. The van der Waals surface area contributed by atoms with Crippen LogP contribution in [0.5, 0.6) is 0 Å². The van der Waals surface area contributed by atoms with Crippen molar-refractivity contribution < 1.29 is 0 Å². The lowest BCUT2D eigenvalue weighted by atomic mass is 10.1. The molecular weight excluding hydrogens is 265 g/mol. The van der Waals surface area contributed by atoms with Crippen molar-refractivity contribution in [2.24, 2.45) is 5.92 Å². The zero-order valence-corrected chi connectivity index (χ0v) is 12.8. The van der Waals surface area contributed by atoms with Crippen molar-refractivity contribution in [2.45, 2.75) is 27.2 Å². The second-order valence-corrected chi connectivity index (χ2v) is 5.74. The Kier molecular flexibility index (Phi) is 6.77. The van der Waals surface area contributed by atoms with Crippen molar-refractivity contribution in [2.75, 3.05) is 13.1 Å². The van der Waals surface area contributed by atoms with E-state index < -0.39 is 0 Å². The first-order valence-electron chi connectivity index (χ1n) is 6.33. The Morgan fingerprint density at radius 2 is 2.06 bits per heavy atom. The molecule has 0 amide bonds. The summed E-state index contributed by atoms with van der Waals surface area (Å²) in [6.07, 6.45) is 3.20. The smallest absolute Gasteiger partial charge is 0.0481 e. The summed E-state index contributed by atoms with van der Waals surface area (Å²) < 4.78 is 0. The third-order valence-electron chi connectivity index (χ3n) is 2.68. The van der Waals surface area contributed by atoms with Gasteiger partial charge in [-0.1, -0.05) is 43.1 Å². The lowest BCUT2D eigenvalue weighted by Gasteiger charge is -2.07. The zero-order valence-electron chi connectivity index (χ0n) is 11.3. The highest BCUT2D eigenvalue weighted by Crippen LogP contribution is 2.26. The molecule has 1 aromatic rings. The number of hydrogen-bond donors (Lipinski definition) is 1. The van der Waals surface area contributed by atoms with Crippen LogP contribution in [0.4, 0.5) is 0 Å². The van der Waals surface area contributed by atoms with Crippen LogP contribution in [0.2, 0.25) is 10.0 Å². The first kappa shape index (κ1) is 15.6. The number of halogens is 2. The highest BCUT2D eigenvalue weighted by atomic mass is 35.5. The maximum absolute atomic E-state index is 6.16. The van der Waals surface area contributed by atoms with E-state index in [2.05, 4.69) is 32.2 Å². The highest BCUT2D eigenvalue weighted by molar-refractivity contribution is 6.34. The summed E-state index contributed by atoms with van der Waals surface area (Å²) in [6.45, 7) is 8.54. The average Bonchev–Trinajstić information content (AvgIpc) is 2.31. The molecule has 0 aliphatic carbocycles. The minimum Gasteiger partial charge on any atom is -0.316 e. The van der Waals surface area contributed by atoms with Crippen molar-refractivity contribution in [1.29, 1.82) is 0 Å². The molecule has 0 spiro atoms. The van der Waals surface area contributed by atoms with Gasteiger partial charge in [0.05, 0.1) is 0 Å². The van der Waals surface area contributed by atoms with E-state index in [1.807, 2.05) is 18.2 Å². The third-order valence-corrected chi connectivity index (χ3v) is 3.24. The van der Waals surface area contributed by atoms with Crippen LogP contribution in [0.15, 0.2) is 24.3 Å². The van der Waals surface area contributed by atoms with Crippen LogP contribution < -0.4 is 5.32 Å². The number of allylic oxidation sites excluding steroid dienone is 1. The topological polar surface area (TPSA) is 12.0 Å². The van der Waals surface area contributed by atoms with E-state index in [9.17, 15) is 0 Å². The van der Waals surface area contributed by atoms with Crippen LogP contribution in [0.1, 0.15) is 32.8 Å². The van der Waals surface area contributed by atoms with E-state index in [1.165, 1.54) is 5.57 Å². The monoisotopic (exact) mass is 285 g/mol. The van der Waals surface area contributed by atoms with Crippen molar-refractivity contribution >= 4 is 28.8 Å². The Morgan fingerprint density at radius 3 is 2.72 bits per heavy atom. The van der Waals surface area contributed by atoms with Crippen LogP contribution in [-0.2, 0) is 0 Å². The quantitative estimate of drug-likeness (QED) is 0.723. The molecule has 0 saturated heterocycles. The molecule has 1 aromatic carbocycles. The average molecular weight is 286 g/mol. The number of rotatable bonds is 6. The molecular formula is C15H21Cl2N. The number of benzene rings is 1. The third kappa shape index (κ3) is 5.43. The summed E-state index contributed by atoms with van der Waals surface area (Å²) in [5, 5.41) is 4.89. The molecule has 0 bridgehead atoms. The summed E-state index contributed by atoms with van der Waals surface area (Å²) in [7, 11) is 0. The van der Waals surface area contributed by atoms with Crippen molar-refractivity contribution in [3.05, 3.63) is 39.9 Å². The summed E-state index contributed by atoms with van der Waals surface area (Å²) in [5.74, 6) is 0.692. The fourth-order valence-corrected chi connectivity index (χ4v) is 2.13. The Morgan fingerprint density at radius 1 is 1.33 bits per heavy atom. The summed E-state index contributed by atoms with van der Waals surface area (Å²) >= 11 is 12.1. The standard InChI is InChI=1S/C15H21Cl2N/c1-11(2)10-18-8-4-5-12(3)14-9-13(16)6-7-15(14)17/h5-7,9,11,18H,4,8,10H2,1-3H3. The van der Waals surface area contributed by atoms with Crippen molar-refractivity contribution in [3.63, 3.8) is 0 Å². The Bertz CT molecular complexity index is 411. The normalized spacial score (nSPS) is 12.2. The molecule has 1 rings (SSSR count). The fraction of sp³-hybridized carbons (Fsp3) is 0.467. The van der Waals surface area contributed by atoms with Crippen LogP contribution in [0.25, 0.3) is 5.57 Å². The molecule has 1 N–H and O–H groups in total. The fourth-order valence-electron chi connectivity index (χ4n) is 1.69. The Labute approximate surface area is 120 Å². The van der Waals surface area contributed by atoms with Gasteiger partial charge in [0.1, 0.15) is 0 Å². The molecule has 0 aliphatic rings. The van der Waals surface area contributed by atoms with Gasteiger partial charge in [0.2, 0.25) is 0 Å². The molecule has 0 aromatic heterocycles. The van der Waals surface area contributed by atoms with Gasteiger partial charge >= 0.3 is 0 Å². The van der Waals surface area contributed by atoms with Gasteiger partial charge in [-0.15, -0.1) is 0 Å². The van der Waals surface area contributed by atoms with Gasteiger partial charge in [0.15, 0.2) is 0 Å². The molecule has 3 heteroatoms. The van der Waals surface area contributed by atoms with Gasteiger partial charge in [0, 0.05) is 10.0 Å². The van der Waals surface area contributed by atoms with E-state index in [1.54, 1.807) is 0 Å². The van der Waals surface area contributed by atoms with Gasteiger partial charge < -0.3 is 5.32 Å². The SMILES string of the molecule is CC(=CCCNCC(C)C)c1cc(Cl)ccc1Cl. The molecule has 0 fully saturated rings. The summed E-state index contributed by atoms with van der Waals surface area (Å²) in [5.41, 5.74) is 2.20. The van der Waals surface area contributed by atoms with Gasteiger partial charge in [-0.2, -0.15) is 0 Å². The lowest BCUT2D eigenvalue weighted by Crippen LogP contribution is -2.20. The van der Waals surface area contributed by atoms with E-state index >= 15 is 0 Å². The molecule has 0 atom stereocenters. The molecule has 0 aliphatic heterocycles. The molecule has 0 saturated carbocycles. The minimum absolute atomic E-state index is 0.692. The molecule has 1 nitrogen and oxygen atoms in total. The maximum atomic E-state index is 6.16. The molecule has 100 valence electrons. The van der Waals surface area contributed by atoms with Gasteiger partial charge in [-0.3, -0.25) is 0 Å². The predicted molar refractivity (Wildman–Crippen MR) is 82.4 cm³/mol. The second kappa shape index (κ2) is 7.83. The van der Waals surface area contributed by atoms with Crippen LogP contribution in [0.3, 0.4) is 0 Å². The summed E-state index contributed by atoms with van der Waals surface area (Å²) in [4.78, 5) is 0. The van der Waals surface area contributed by atoms with Gasteiger partial charge in [0.25, 0.3) is 0 Å². The molecule has 18 heavy (non-hydrogen) atoms. The van der Waals surface area contributed by atoms with E-state index in [0.717, 1.165) is 35.1 Å². The Hall–Kier alpha value is -0.500. The van der Waals surface area contributed by atoms with Crippen LogP contribution in [0, 0.1) is 5.92 Å². The summed E-state index contributed by atoms with van der Waals surface area (Å²) in [6, 6.07) is 5.57. The number of nitrogens with one attached hydrogen (secondary N) is 1. The van der Waals surface area contributed by atoms with Gasteiger partial charge in [-0.05, 0) is 61.7 Å². The van der Waals surface area contributed by atoms with E-state index in [4.69, 9.17) is 23.2 Å². The first-order chi connectivity index (χ1) is 8.50. The van der Waals surface area contributed by atoms with Crippen molar-refractivity contribution in [3.8, 4) is 0 Å². The molecule has 0 unspecified atom stereocenters. The van der Waals surface area contributed by atoms with E-state index in [0.29, 0.717) is 5.92 Å². The van der Waals surface area contributed by atoms with E-state index in [-0.39, 0.29) is 0 Å². The number of hydrogen-bond acceptors (Lipinski definition) is 1. The van der Waals surface area contributed by atoms with Crippen LogP contribution >= 0.6 is 23.2 Å². The molecule has 0 heterocycles. The highest BCUT2D eigenvalue weighted by Gasteiger charge is 2.02.